The van der Waals surface area contributed by atoms with Gasteiger partial charge >= 0.3 is 0 Å². The first-order valence-corrected chi connectivity index (χ1v) is 11.2. The third kappa shape index (κ3) is 3.78. The smallest absolute Gasteiger partial charge is 0.262 e. The van der Waals surface area contributed by atoms with Crippen molar-refractivity contribution < 1.29 is 4.79 Å². The quantitative estimate of drug-likeness (QED) is 0.615. The molecule has 0 aliphatic heterocycles. The average Bonchev–Trinajstić information content (AvgIpc) is 3.07. The van der Waals surface area contributed by atoms with Crippen LogP contribution in [-0.4, -0.2) is 15.5 Å². The summed E-state index contributed by atoms with van der Waals surface area (Å²) in [6.45, 7) is 2.29. The van der Waals surface area contributed by atoms with Gasteiger partial charge in [-0.05, 0) is 49.8 Å². The van der Waals surface area contributed by atoms with Gasteiger partial charge in [0, 0.05) is 22.3 Å². The number of nitrogens with zero attached hydrogens (tertiary/aromatic N) is 2. The van der Waals surface area contributed by atoms with Gasteiger partial charge in [0.05, 0.1) is 17.8 Å². The molecule has 1 aromatic carbocycles. The Balaban J connectivity index is 1.47. The van der Waals surface area contributed by atoms with Gasteiger partial charge in [0.25, 0.3) is 5.56 Å². The molecule has 5 nitrogen and oxygen atoms in total. The number of benzene rings is 1. The van der Waals surface area contributed by atoms with E-state index in [1.165, 1.54) is 16.9 Å². The van der Waals surface area contributed by atoms with Crippen molar-refractivity contribution in [2.75, 3.05) is 0 Å². The number of fused-ring (bicyclic) bond motifs is 3. The predicted octanol–water partition coefficient (Wildman–Crippen LogP) is 4.37. The van der Waals surface area contributed by atoms with Crippen LogP contribution in [0.4, 0.5) is 0 Å². The van der Waals surface area contributed by atoms with Crippen molar-refractivity contribution in [1.29, 1.82) is 0 Å². The van der Waals surface area contributed by atoms with E-state index in [2.05, 4.69) is 26.2 Å². The third-order valence-corrected chi connectivity index (χ3v) is 7.19. The molecule has 0 spiro atoms. The molecule has 1 atom stereocenters. The number of nitrogens with one attached hydrogen (secondary N) is 1. The maximum Gasteiger partial charge on any atom is 0.262 e. The number of hydrogen-bond acceptors (Lipinski definition) is 4. The van der Waals surface area contributed by atoms with Gasteiger partial charge < -0.3 is 5.32 Å². The standard InChI is InChI=1S/C21H22BrN3O2S/c1-13(14-6-2-4-8-16(14)22)24-18(26)10-11-25-12-23-20-19(21(25)27)15-7-3-5-9-17(15)28-20/h2,4,6,8,12-13H,3,5,7,9-11H2,1H3,(H,24,26)/t13-/m0/s1. The summed E-state index contributed by atoms with van der Waals surface area (Å²) in [5, 5.41) is 3.77. The fourth-order valence-corrected chi connectivity index (χ4v) is 5.63. The molecule has 2 heterocycles. The minimum Gasteiger partial charge on any atom is -0.349 e. The van der Waals surface area contributed by atoms with Gasteiger partial charge in [-0.25, -0.2) is 4.98 Å². The van der Waals surface area contributed by atoms with Gasteiger partial charge in [-0.1, -0.05) is 34.1 Å². The van der Waals surface area contributed by atoms with Crippen LogP contribution in [0, 0.1) is 0 Å². The zero-order chi connectivity index (χ0) is 19.7. The SMILES string of the molecule is C[C@H](NC(=O)CCn1cnc2sc3c(c2c1=O)CCCC3)c1ccccc1Br. The number of aromatic nitrogens is 2. The van der Waals surface area contributed by atoms with Crippen molar-refractivity contribution in [2.24, 2.45) is 0 Å². The lowest BCUT2D eigenvalue weighted by molar-refractivity contribution is -0.121. The van der Waals surface area contributed by atoms with E-state index < -0.39 is 0 Å². The van der Waals surface area contributed by atoms with Crippen LogP contribution >= 0.6 is 27.3 Å². The number of halogens is 1. The van der Waals surface area contributed by atoms with Crippen LogP contribution in [0.25, 0.3) is 10.2 Å². The predicted molar refractivity (Wildman–Crippen MR) is 116 cm³/mol. The molecule has 2 aromatic heterocycles. The van der Waals surface area contributed by atoms with Crippen molar-refractivity contribution >= 4 is 43.4 Å². The summed E-state index contributed by atoms with van der Waals surface area (Å²) in [6.07, 6.45) is 6.14. The first-order chi connectivity index (χ1) is 13.5. The molecule has 1 aliphatic carbocycles. The molecule has 4 rings (SSSR count). The summed E-state index contributed by atoms with van der Waals surface area (Å²) in [6, 6.07) is 7.73. The minimum atomic E-state index is -0.107. The number of carbonyl (C=O) groups is 1. The molecule has 0 radical (unpaired) electrons. The molecule has 0 fully saturated rings. The molecular formula is C21H22BrN3O2S. The summed E-state index contributed by atoms with van der Waals surface area (Å²) in [5.41, 5.74) is 2.20. The number of thiophene rings is 1. The summed E-state index contributed by atoms with van der Waals surface area (Å²) < 4.78 is 2.54. The largest absolute Gasteiger partial charge is 0.349 e. The molecular weight excluding hydrogens is 438 g/mol. The Bertz CT molecular complexity index is 1090. The molecule has 0 unspecified atom stereocenters. The van der Waals surface area contributed by atoms with Crippen LogP contribution in [-0.2, 0) is 24.2 Å². The van der Waals surface area contributed by atoms with Gasteiger partial charge in [0.2, 0.25) is 5.91 Å². The van der Waals surface area contributed by atoms with E-state index in [1.807, 2.05) is 31.2 Å². The highest BCUT2D eigenvalue weighted by Gasteiger charge is 2.20. The molecule has 28 heavy (non-hydrogen) atoms. The van der Waals surface area contributed by atoms with Crippen LogP contribution in [0.2, 0.25) is 0 Å². The fraction of sp³-hybridized carbons (Fsp3) is 0.381. The van der Waals surface area contributed by atoms with Crippen LogP contribution in [0.1, 0.15) is 48.2 Å². The first kappa shape index (κ1) is 19.3. The van der Waals surface area contributed by atoms with Gasteiger partial charge in [0.15, 0.2) is 0 Å². The summed E-state index contributed by atoms with van der Waals surface area (Å²) >= 11 is 5.16. The highest BCUT2D eigenvalue weighted by Crippen LogP contribution is 2.33. The van der Waals surface area contributed by atoms with Gasteiger partial charge in [0.1, 0.15) is 4.83 Å². The molecule has 0 bridgehead atoms. The van der Waals surface area contributed by atoms with Crippen LogP contribution in [0.5, 0.6) is 0 Å². The van der Waals surface area contributed by atoms with Gasteiger partial charge in [-0.15, -0.1) is 11.3 Å². The highest BCUT2D eigenvalue weighted by molar-refractivity contribution is 9.10. The molecule has 1 amide bonds. The van der Waals surface area contributed by atoms with Crippen LogP contribution in [0.15, 0.2) is 39.9 Å². The van der Waals surface area contributed by atoms with E-state index >= 15 is 0 Å². The number of hydrogen-bond donors (Lipinski definition) is 1. The van der Waals surface area contributed by atoms with Gasteiger partial charge in [-0.2, -0.15) is 0 Å². The van der Waals surface area contributed by atoms with E-state index in [9.17, 15) is 9.59 Å². The summed E-state index contributed by atoms with van der Waals surface area (Å²) in [5.74, 6) is -0.0809. The van der Waals surface area contributed by atoms with Gasteiger partial charge in [-0.3, -0.25) is 14.2 Å². The van der Waals surface area contributed by atoms with E-state index in [1.54, 1.807) is 22.2 Å². The normalized spacial score (nSPS) is 14.6. The Morgan fingerprint density at radius 1 is 1.32 bits per heavy atom. The Hall–Kier alpha value is -1.99. The summed E-state index contributed by atoms with van der Waals surface area (Å²) in [7, 11) is 0. The van der Waals surface area contributed by atoms with Crippen LogP contribution in [0.3, 0.4) is 0 Å². The number of aryl methyl sites for hydroxylation is 3. The van der Waals surface area contributed by atoms with E-state index in [-0.39, 0.29) is 23.9 Å². The fourth-order valence-electron chi connectivity index (χ4n) is 3.78. The second kappa shape index (κ2) is 8.17. The van der Waals surface area contributed by atoms with E-state index in [0.29, 0.717) is 6.54 Å². The first-order valence-electron chi connectivity index (χ1n) is 9.58. The molecule has 3 aromatic rings. The maximum atomic E-state index is 13.0. The molecule has 7 heteroatoms. The second-order valence-electron chi connectivity index (χ2n) is 7.19. The van der Waals surface area contributed by atoms with Crippen molar-refractivity contribution in [2.45, 2.75) is 51.6 Å². The Kier molecular flexibility index (Phi) is 5.64. The molecule has 1 aliphatic rings. The van der Waals surface area contributed by atoms with E-state index in [4.69, 9.17) is 0 Å². The molecule has 1 N–H and O–H groups in total. The molecule has 0 saturated carbocycles. The van der Waals surface area contributed by atoms with E-state index in [0.717, 1.165) is 39.5 Å². The highest BCUT2D eigenvalue weighted by atomic mass is 79.9. The maximum absolute atomic E-state index is 13.0. The third-order valence-electron chi connectivity index (χ3n) is 5.27. The second-order valence-corrected chi connectivity index (χ2v) is 9.13. The van der Waals surface area contributed by atoms with Crippen molar-refractivity contribution in [3.8, 4) is 0 Å². The lowest BCUT2D eigenvalue weighted by Crippen LogP contribution is -2.29. The lowest BCUT2D eigenvalue weighted by atomic mass is 9.97. The zero-order valence-electron chi connectivity index (χ0n) is 15.7. The monoisotopic (exact) mass is 459 g/mol. The average molecular weight is 460 g/mol. The Labute approximate surface area is 175 Å². The Morgan fingerprint density at radius 3 is 2.93 bits per heavy atom. The Morgan fingerprint density at radius 2 is 2.11 bits per heavy atom. The number of rotatable bonds is 5. The van der Waals surface area contributed by atoms with Crippen LogP contribution < -0.4 is 10.9 Å². The van der Waals surface area contributed by atoms with Crippen molar-refractivity contribution in [1.82, 2.24) is 14.9 Å². The van der Waals surface area contributed by atoms with Crippen molar-refractivity contribution in [3.63, 3.8) is 0 Å². The minimum absolute atomic E-state index is 0.0175. The molecule has 0 saturated heterocycles. The summed E-state index contributed by atoms with van der Waals surface area (Å²) in [4.78, 5) is 32.0. The number of amides is 1. The zero-order valence-corrected chi connectivity index (χ0v) is 18.1. The topological polar surface area (TPSA) is 64.0 Å². The van der Waals surface area contributed by atoms with Crippen molar-refractivity contribution in [3.05, 3.63) is 61.4 Å². The number of carbonyl (C=O) groups excluding carboxylic acids is 1. The molecule has 146 valence electrons. The lowest BCUT2D eigenvalue weighted by Gasteiger charge is -2.16.